The van der Waals surface area contributed by atoms with Gasteiger partial charge in [-0.25, -0.2) is 0 Å². The van der Waals surface area contributed by atoms with Gasteiger partial charge in [0.25, 0.3) is 5.89 Å². The second kappa shape index (κ2) is 7.10. The maximum Gasteiger partial charge on any atom is 0.257 e. The Balaban J connectivity index is 1.35. The van der Waals surface area contributed by atoms with E-state index in [4.69, 9.17) is 13.9 Å². The minimum Gasteiger partial charge on any atom is -0.486 e. The number of thiophene rings is 1. The van der Waals surface area contributed by atoms with Crippen molar-refractivity contribution >= 4 is 11.3 Å². The number of ether oxygens (including phenoxy) is 2. The fraction of sp³-hybridized carbons (Fsp3) is 0.478. The minimum atomic E-state index is 0.175. The highest BCUT2D eigenvalue weighted by atomic mass is 32.1. The maximum absolute atomic E-state index is 6.01. The molecule has 1 saturated carbocycles. The summed E-state index contributed by atoms with van der Waals surface area (Å²) in [4.78, 5) is 3.51. The molecule has 3 aliphatic rings. The number of nitrogens with zero attached hydrogens (tertiary/aromatic N) is 3. The summed E-state index contributed by atoms with van der Waals surface area (Å²) in [5.74, 6) is 3.07. The summed E-state index contributed by atoms with van der Waals surface area (Å²) in [7, 11) is 0. The Morgan fingerprint density at radius 2 is 1.93 bits per heavy atom. The fourth-order valence-corrected chi connectivity index (χ4v) is 6.02. The van der Waals surface area contributed by atoms with Crippen LogP contribution < -0.4 is 9.47 Å². The summed E-state index contributed by atoms with van der Waals surface area (Å²) in [5.41, 5.74) is 2.98. The molecule has 0 N–H and O–H groups in total. The van der Waals surface area contributed by atoms with Crippen molar-refractivity contribution in [3.05, 3.63) is 46.7 Å². The topological polar surface area (TPSA) is 60.6 Å². The molecule has 1 aliphatic carbocycles. The standard InChI is InChI=1S/C23H25N3O3S/c1-15-16-11-18-19(28-9-8-27-18)12-17(16)23(6-2-3-7-23)14-26(15)13-21-24-25-22(29-21)20-5-4-10-30-20/h4-5,10-12,15H,2-3,6-9,13-14H2,1H3. The van der Waals surface area contributed by atoms with Crippen molar-refractivity contribution in [3.8, 4) is 22.3 Å². The van der Waals surface area contributed by atoms with Crippen LogP contribution in [0.4, 0.5) is 0 Å². The first kappa shape index (κ1) is 18.4. The van der Waals surface area contributed by atoms with Crippen LogP contribution in [0, 0.1) is 0 Å². The van der Waals surface area contributed by atoms with Crippen molar-refractivity contribution in [2.75, 3.05) is 19.8 Å². The zero-order valence-electron chi connectivity index (χ0n) is 17.1. The normalized spacial score (nSPS) is 22.4. The Morgan fingerprint density at radius 3 is 2.70 bits per heavy atom. The van der Waals surface area contributed by atoms with Gasteiger partial charge < -0.3 is 13.9 Å². The molecule has 0 saturated heterocycles. The molecule has 1 unspecified atom stereocenters. The van der Waals surface area contributed by atoms with E-state index in [0.717, 1.165) is 22.9 Å². The highest BCUT2D eigenvalue weighted by molar-refractivity contribution is 7.13. The molecular formula is C23H25N3O3S. The summed E-state index contributed by atoms with van der Waals surface area (Å²) < 4.78 is 17.8. The SMILES string of the molecule is CC1c2cc3c(cc2C2(CCCC2)CN1Cc1nnc(-c2cccs2)o1)OCCO3. The van der Waals surface area contributed by atoms with Gasteiger partial charge in [-0.05, 0) is 54.5 Å². The molecule has 6 rings (SSSR count). The fourth-order valence-electron chi connectivity index (χ4n) is 5.38. The molecule has 0 bridgehead atoms. The van der Waals surface area contributed by atoms with Crippen LogP contribution in [0.5, 0.6) is 11.5 Å². The molecule has 2 aromatic heterocycles. The lowest BCUT2D eigenvalue weighted by atomic mass is 9.71. The van der Waals surface area contributed by atoms with E-state index in [1.54, 1.807) is 11.3 Å². The van der Waals surface area contributed by atoms with Crippen LogP contribution in [0.15, 0.2) is 34.1 Å². The second-order valence-electron chi connectivity index (χ2n) is 8.63. The molecule has 4 heterocycles. The van der Waals surface area contributed by atoms with Gasteiger partial charge in [-0.1, -0.05) is 18.9 Å². The van der Waals surface area contributed by atoms with Crippen molar-refractivity contribution in [2.45, 2.75) is 50.6 Å². The number of benzene rings is 1. The van der Waals surface area contributed by atoms with Crippen molar-refractivity contribution in [1.29, 1.82) is 0 Å². The number of hydrogen-bond donors (Lipinski definition) is 0. The van der Waals surface area contributed by atoms with Crippen LogP contribution in [0.1, 0.15) is 55.7 Å². The number of rotatable bonds is 3. The lowest BCUT2D eigenvalue weighted by Crippen LogP contribution is -2.45. The molecule has 1 atom stereocenters. The average molecular weight is 424 g/mol. The lowest BCUT2D eigenvalue weighted by Gasteiger charge is -2.46. The Morgan fingerprint density at radius 1 is 1.13 bits per heavy atom. The van der Waals surface area contributed by atoms with Crippen molar-refractivity contribution in [3.63, 3.8) is 0 Å². The van der Waals surface area contributed by atoms with Crippen LogP contribution in [-0.2, 0) is 12.0 Å². The van der Waals surface area contributed by atoms with E-state index >= 15 is 0 Å². The van der Waals surface area contributed by atoms with E-state index < -0.39 is 0 Å². The molecular weight excluding hydrogens is 398 g/mol. The quantitative estimate of drug-likeness (QED) is 0.594. The molecule has 156 valence electrons. The lowest BCUT2D eigenvalue weighted by molar-refractivity contribution is 0.115. The molecule has 6 nitrogen and oxygen atoms in total. The van der Waals surface area contributed by atoms with Gasteiger partial charge in [0.15, 0.2) is 11.5 Å². The van der Waals surface area contributed by atoms with Gasteiger partial charge in [0.1, 0.15) is 13.2 Å². The van der Waals surface area contributed by atoms with Crippen molar-refractivity contribution < 1.29 is 13.9 Å². The first-order chi connectivity index (χ1) is 14.7. The molecule has 1 aromatic carbocycles. The highest BCUT2D eigenvalue weighted by Crippen LogP contribution is 2.52. The Bertz CT molecular complexity index is 1060. The molecule has 2 aliphatic heterocycles. The van der Waals surface area contributed by atoms with Gasteiger partial charge in [0, 0.05) is 18.0 Å². The Kier molecular flexibility index (Phi) is 4.35. The van der Waals surface area contributed by atoms with E-state index in [-0.39, 0.29) is 11.5 Å². The highest BCUT2D eigenvalue weighted by Gasteiger charge is 2.45. The van der Waals surface area contributed by atoms with Crippen molar-refractivity contribution in [1.82, 2.24) is 15.1 Å². The summed E-state index contributed by atoms with van der Waals surface area (Å²) in [6, 6.07) is 8.75. The summed E-state index contributed by atoms with van der Waals surface area (Å²) in [6.07, 6.45) is 4.98. The third kappa shape index (κ3) is 2.94. The zero-order chi connectivity index (χ0) is 20.1. The summed E-state index contributed by atoms with van der Waals surface area (Å²) >= 11 is 1.62. The van der Waals surface area contributed by atoms with E-state index in [2.05, 4.69) is 34.2 Å². The molecule has 1 fully saturated rings. The molecule has 0 radical (unpaired) electrons. The minimum absolute atomic E-state index is 0.175. The average Bonchev–Trinajstić information content (AvgIpc) is 3.53. The molecule has 0 amide bonds. The van der Waals surface area contributed by atoms with E-state index in [1.165, 1.54) is 36.8 Å². The molecule has 30 heavy (non-hydrogen) atoms. The first-order valence-electron chi connectivity index (χ1n) is 10.8. The Hall–Kier alpha value is -2.38. The Labute approximate surface area is 179 Å². The van der Waals surface area contributed by atoms with Crippen LogP contribution >= 0.6 is 11.3 Å². The van der Waals surface area contributed by atoms with Crippen LogP contribution in [0.2, 0.25) is 0 Å². The maximum atomic E-state index is 6.01. The van der Waals surface area contributed by atoms with E-state index in [1.807, 2.05) is 17.5 Å². The monoisotopic (exact) mass is 423 g/mol. The van der Waals surface area contributed by atoms with Gasteiger partial charge >= 0.3 is 0 Å². The summed E-state index contributed by atoms with van der Waals surface area (Å²) in [5, 5.41) is 10.6. The number of hydrogen-bond acceptors (Lipinski definition) is 7. The van der Waals surface area contributed by atoms with Gasteiger partial charge in [-0.3, -0.25) is 4.90 Å². The summed E-state index contributed by atoms with van der Waals surface area (Å²) in [6.45, 7) is 5.19. The zero-order valence-corrected chi connectivity index (χ0v) is 17.9. The number of fused-ring (bicyclic) bond motifs is 3. The largest absolute Gasteiger partial charge is 0.486 e. The van der Waals surface area contributed by atoms with E-state index in [9.17, 15) is 0 Å². The third-order valence-electron chi connectivity index (χ3n) is 6.89. The van der Waals surface area contributed by atoms with Crippen LogP contribution in [-0.4, -0.2) is 34.9 Å². The second-order valence-corrected chi connectivity index (χ2v) is 9.58. The van der Waals surface area contributed by atoms with Gasteiger partial charge in [0.05, 0.1) is 11.4 Å². The van der Waals surface area contributed by atoms with E-state index in [0.29, 0.717) is 31.5 Å². The van der Waals surface area contributed by atoms with Crippen LogP contribution in [0.3, 0.4) is 0 Å². The molecule has 7 heteroatoms. The predicted octanol–water partition coefficient (Wildman–Crippen LogP) is 4.96. The molecule has 1 spiro atoms. The smallest absolute Gasteiger partial charge is 0.257 e. The molecule has 3 aromatic rings. The third-order valence-corrected chi connectivity index (χ3v) is 7.74. The number of aromatic nitrogens is 2. The first-order valence-corrected chi connectivity index (χ1v) is 11.6. The van der Waals surface area contributed by atoms with Crippen molar-refractivity contribution in [2.24, 2.45) is 0 Å². The van der Waals surface area contributed by atoms with Gasteiger partial charge in [-0.2, -0.15) is 0 Å². The van der Waals surface area contributed by atoms with Crippen LogP contribution in [0.25, 0.3) is 10.8 Å². The van der Waals surface area contributed by atoms with Gasteiger partial charge in [0.2, 0.25) is 5.89 Å². The predicted molar refractivity (Wildman–Crippen MR) is 114 cm³/mol. The van der Waals surface area contributed by atoms with Gasteiger partial charge in [-0.15, -0.1) is 21.5 Å².